The number of rotatable bonds is 7. The first-order chi connectivity index (χ1) is 21.0. The average Bonchev–Trinajstić information content (AvgIpc) is 3.46. The van der Waals surface area contributed by atoms with Crippen molar-refractivity contribution in [2.75, 3.05) is 12.1 Å². The number of anilines is 1. The van der Waals surface area contributed by atoms with E-state index in [1.165, 1.54) is 48.7 Å². The molecule has 0 spiro atoms. The molecule has 4 aromatic rings. The summed E-state index contributed by atoms with van der Waals surface area (Å²) in [6.45, 7) is 0.0527. The number of ether oxygens (including phenoxy) is 3. The topological polar surface area (TPSA) is 115 Å². The van der Waals surface area contributed by atoms with E-state index in [0.29, 0.717) is 26.0 Å². The van der Waals surface area contributed by atoms with Gasteiger partial charge in [-0.25, -0.2) is 10.2 Å². The van der Waals surface area contributed by atoms with Gasteiger partial charge >= 0.3 is 12.1 Å². The molecule has 1 heterocycles. The Kier molecular flexibility index (Phi) is 9.01. The molecule has 44 heavy (non-hydrogen) atoms. The zero-order valence-corrected chi connectivity index (χ0v) is 25.2. The molecule has 0 aromatic heterocycles. The van der Waals surface area contributed by atoms with Gasteiger partial charge in [-0.15, -0.1) is 0 Å². The molecule has 0 radical (unpaired) electrons. The lowest BCUT2D eigenvalue weighted by Gasteiger charge is -2.11. The Hall–Kier alpha value is -4.69. The second kappa shape index (κ2) is 12.9. The number of nitrogens with one attached hydrogen (secondary N) is 2. The number of esters is 1. The SMILES string of the molecule is O=C(NN=Cc1cc(Br)cc(Br)c1OC(=O)c1ccc2c(c1)OCO2)c1cccc(NC(=O)c2cccc(C(F)(F)F)c2)c1. The summed E-state index contributed by atoms with van der Waals surface area (Å²) < 4.78 is 56.3. The Morgan fingerprint density at radius 2 is 1.57 bits per heavy atom. The van der Waals surface area contributed by atoms with Gasteiger partial charge in [0.1, 0.15) is 0 Å². The Bertz CT molecular complexity index is 1810. The standard InChI is InChI=1S/C30H18Br2F3N3O6/c31-21-10-19(26(23(32)13-21)44-29(41)18-7-8-24-25(12-18)43-15-42-24)14-36-38-28(40)17-4-2-6-22(11-17)37-27(39)16-3-1-5-20(9-16)30(33,34)35/h1-14H,15H2,(H,37,39)(H,38,40). The fourth-order valence-electron chi connectivity index (χ4n) is 3.96. The van der Waals surface area contributed by atoms with E-state index in [2.05, 4.69) is 47.7 Å². The lowest BCUT2D eigenvalue weighted by molar-refractivity contribution is -0.137. The summed E-state index contributed by atoms with van der Waals surface area (Å²) in [6.07, 6.45) is -3.33. The number of hydrazone groups is 1. The molecule has 0 bridgehead atoms. The maximum Gasteiger partial charge on any atom is 0.416 e. The van der Waals surface area contributed by atoms with Crippen LogP contribution in [0.25, 0.3) is 0 Å². The van der Waals surface area contributed by atoms with Gasteiger partial charge in [0.25, 0.3) is 11.8 Å². The van der Waals surface area contributed by atoms with Crippen molar-refractivity contribution in [3.8, 4) is 17.2 Å². The van der Waals surface area contributed by atoms with Crippen LogP contribution in [0.5, 0.6) is 17.2 Å². The largest absolute Gasteiger partial charge is 0.454 e. The van der Waals surface area contributed by atoms with E-state index in [0.717, 1.165) is 18.2 Å². The van der Waals surface area contributed by atoms with E-state index in [1.807, 2.05) is 0 Å². The molecule has 0 atom stereocenters. The normalized spacial score (nSPS) is 12.2. The molecule has 2 N–H and O–H groups in total. The van der Waals surface area contributed by atoms with Gasteiger partial charge in [-0.1, -0.05) is 28.1 Å². The second-order valence-electron chi connectivity index (χ2n) is 9.08. The van der Waals surface area contributed by atoms with Crippen molar-refractivity contribution in [2.24, 2.45) is 5.10 Å². The third-order valence-corrected chi connectivity index (χ3v) is 7.09. The van der Waals surface area contributed by atoms with Gasteiger partial charge in [0.2, 0.25) is 6.79 Å². The molecule has 0 aliphatic carbocycles. The van der Waals surface area contributed by atoms with E-state index in [4.69, 9.17) is 14.2 Å². The quantitative estimate of drug-likeness (QED) is 0.0900. The maximum atomic E-state index is 13.0. The lowest BCUT2D eigenvalue weighted by atomic mass is 10.1. The zero-order valence-electron chi connectivity index (χ0n) is 22.1. The van der Waals surface area contributed by atoms with Crippen LogP contribution in [0.3, 0.4) is 0 Å². The van der Waals surface area contributed by atoms with Gasteiger partial charge in [-0.05, 0) is 82.7 Å². The molecule has 2 amide bonds. The number of alkyl halides is 3. The van der Waals surface area contributed by atoms with Crippen LogP contribution in [0.1, 0.15) is 42.2 Å². The molecule has 0 saturated heterocycles. The summed E-state index contributed by atoms with van der Waals surface area (Å²) in [5, 5.41) is 6.45. The molecule has 9 nitrogen and oxygen atoms in total. The van der Waals surface area contributed by atoms with Gasteiger partial charge in [-0.2, -0.15) is 18.3 Å². The van der Waals surface area contributed by atoms with Crippen molar-refractivity contribution in [3.05, 3.63) is 116 Å². The number of halogens is 5. The number of carbonyl (C=O) groups excluding carboxylic acids is 3. The Morgan fingerprint density at radius 3 is 2.34 bits per heavy atom. The van der Waals surface area contributed by atoms with E-state index in [-0.39, 0.29) is 34.9 Å². The molecule has 0 unspecified atom stereocenters. The molecule has 1 aliphatic rings. The number of nitrogens with zero attached hydrogens (tertiary/aromatic N) is 1. The highest BCUT2D eigenvalue weighted by molar-refractivity contribution is 9.11. The van der Waals surface area contributed by atoms with Gasteiger partial charge in [0.15, 0.2) is 17.2 Å². The minimum Gasteiger partial charge on any atom is -0.454 e. The summed E-state index contributed by atoms with van der Waals surface area (Å²) >= 11 is 6.74. The van der Waals surface area contributed by atoms with Gasteiger partial charge in [0.05, 0.1) is 21.8 Å². The first kappa shape index (κ1) is 30.8. The molecule has 5 rings (SSSR count). The summed E-state index contributed by atoms with van der Waals surface area (Å²) in [5.41, 5.74) is 2.04. The maximum absolute atomic E-state index is 13.0. The van der Waals surface area contributed by atoms with Crippen molar-refractivity contribution >= 4 is 61.5 Å². The fraction of sp³-hybridized carbons (Fsp3) is 0.0667. The number of amides is 2. The monoisotopic (exact) mass is 731 g/mol. The minimum atomic E-state index is -4.60. The Labute approximate surface area is 264 Å². The lowest BCUT2D eigenvalue weighted by Crippen LogP contribution is -2.19. The van der Waals surface area contributed by atoms with Crippen molar-refractivity contribution in [1.82, 2.24) is 5.43 Å². The number of carbonyl (C=O) groups is 3. The first-order valence-electron chi connectivity index (χ1n) is 12.5. The van der Waals surface area contributed by atoms with Gasteiger partial charge < -0.3 is 19.5 Å². The van der Waals surface area contributed by atoms with Crippen LogP contribution in [0, 0.1) is 0 Å². The van der Waals surface area contributed by atoms with Crippen molar-refractivity contribution in [1.29, 1.82) is 0 Å². The van der Waals surface area contributed by atoms with E-state index >= 15 is 0 Å². The molecule has 1 aliphatic heterocycles. The van der Waals surface area contributed by atoms with Crippen LogP contribution in [0.15, 0.2) is 92.9 Å². The van der Waals surface area contributed by atoms with E-state index in [9.17, 15) is 27.6 Å². The third-order valence-electron chi connectivity index (χ3n) is 6.04. The predicted molar refractivity (Wildman–Crippen MR) is 160 cm³/mol. The molecular weight excluding hydrogens is 715 g/mol. The number of hydrogen-bond donors (Lipinski definition) is 2. The highest BCUT2D eigenvalue weighted by Gasteiger charge is 2.31. The predicted octanol–water partition coefficient (Wildman–Crippen LogP) is 7.19. The summed E-state index contributed by atoms with van der Waals surface area (Å²) in [7, 11) is 0. The van der Waals surface area contributed by atoms with Crippen LogP contribution < -0.4 is 25.0 Å². The minimum absolute atomic E-state index is 0.0527. The fourth-order valence-corrected chi connectivity index (χ4v) is 5.30. The number of fused-ring (bicyclic) bond motifs is 1. The molecule has 224 valence electrons. The smallest absolute Gasteiger partial charge is 0.416 e. The van der Waals surface area contributed by atoms with Crippen LogP contribution in [-0.2, 0) is 6.18 Å². The highest BCUT2D eigenvalue weighted by Crippen LogP contribution is 2.35. The summed E-state index contributed by atoms with van der Waals surface area (Å²) in [4.78, 5) is 38.2. The molecular formula is C30H18Br2F3N3O6. The average molecular weight is 733 g/mol. The summed E-state index contributed by atoms with van der Waals surface area (Å²) in [6, 6.07) is 17.7. The molecule has 14 heteroatoms. The highest BCUT2D eigenvalue weighted by atomic mass is 79.9. The second-order valence-corrected chi connectivity index (χ2v) is 10.8. The van der Waals surface area contributed by atoms with Crippen molar-refractivity contribution in [3.63, 3.8) is 0 Å². The number of benzene rings is 4. The van der Waals surface area contributed by atoms with E-state index in [1.54, 1.807) is 18.2 Å². The third kappa shape index (κ3) is 7.26. The zero-order chi connectivity index (χ0) is 31.4. The Morgan fingerprint density at radius 1 is 0.841 bits per heavy atom. The molecule has 0 fully saturated rings. The van der Waals surface area contributed by atoms with Crippen molar-refractivity contribution in [2.45, 2.75) is 6.18 Å². The van der Waals surface area contributed by atoms with Crippen LogP contribution in [0.4, 0.5) is 18.9 Å². The van der Waals surface area contributed by atoms with Crippen LogP contribution in [0.2, 0.25) is 0 Å². The van der Waals surface area contributed by atoms with Gasteiger partial charge in [0, 0.05) is 26.9 Å². The van der Waals surface area contributed by atoms with Crippen LogP contribution in [-0.4, -0.2) is 30.8 Å². The van der Waals surface area contributed by atoms with Crippen molar-refractivity contribution < 1.29 is 41.8 Å². The van der Waals surface area contributed by atoms with Gasteiger partial charge in [-0.3, -0.25) is 9.59 Å². The molecule has 4 aromatic carbocycles. The number of hydrogen-bond acceptors (Lipinski definition) is 7. The molecule has 0 saturated carbocycles. The first-order valence-corrected chi connectivity index (χ1v) is 14.1. The van der Waals surface area contributed by atoms with E-state index < -0.39 is 29.5 Å². The summed E-state index contributed by atoms with van der Waals surface area (Å²) in [5.74, 6) is -1.04. The Balaban J connectivity index is 1.27. The van der Waals surface area contributed by atoms with Crippen LogP contribution >= 0.6 is 31.9 Å².